The third kappa shape index (κ3) is 3.27. The summed E-state index contributed by atoms with van der Waals surface area (Å²) in [7, 11) is 0. The van der Waals surface area contributed by atoms with Crippen LogP contribution >= 0.6 is 22.9 Å². The van der Waals surface area contributed by atoms with Crippen LogP contribution < -0.4 is 5.32 Å². The van der Waals surface area contributed by atoms with Crippen LogP contribution in [0.5, 0.6) is 0 Å². The van der Waals surface area contributed by atoms with Gasteiger partial charge in [-0.15, -0.1) is 0 Å². The Labute approximate surface area is 159 Å². The summed E-state index contributed by atoms with van der Waals surface area (Å²) < 4.78 is 14.6. The van der Waals surface area contributed by atoms with Gasteiger partial charge in [-0.1, -0.05) is 40.6 Å². The number of likely N-dealkylation sites (tertiary alicyclic amines) is 1. The summed E-state index contributed by atoms with van der Waals surface area (Å²) in [6.07, 6.45) is 0.813. The number of aryl methyl sites for hydroxylation is 1. The van der Waals surface area contributed by atoms with E-state index in [9.17, 15) is 9.18 Å². The number of fused-ring (bicyclic) bond motifs is 1. The molecular weight excluding hydrogens is 373 g/mol. The van der Waals surface area contributed by atoms with Crippen molar-refractivity contribution in [1.29, 1.82) is 0 Å². The zero-order valence-electron chi connectivity index (χ0n) is 14.1. The number of carbonyl (C=O) groups is 1. The molecule has 0 radical (unpaired) electrons. The zero-order valence-corrected chi connectivity index (χ0v) is 15.7. The fourth-order valence-electron chi connectivity index (χ4n) is 3.19. The first-order valence-corrected chi connectivity index (χ1v) is 9.58. The van der Waals surface area contributed by atoms with Crippen LogP contribution in [0.25, 0.3) is 10.2 Å². The van der Waals surface area contributed by atoms with Crippen LogP contribution in [0, 0.1) is 12.7 Å². The Morgan fingerprint density at radius 3 is 3.04 bits per heavy atom. The van der Waals surface area contributed by atoms with Crippen LogP contribution in [0.2, 0.25) is 5.02 Å². The standard InChI is InChI=1S/C19H17ClFN3OS/c1-11-5-6-14(20)13(9-11)18(25)24-8-7-12(10-24)22-19-23-17-15(21)3-2-4-16(17)26-19/h2-6,9,12H,7-8,10H2,1H3,(H,22,23). The minimum Gasteiger partial charge on any atom is -0.357 e. The molecule has 0 bridgehead atoms. The summed E-state index contributed by atoms with van der Waals surface area (Å²) in [4.78, 5) is 18.9. The SMILES string of the molecule is Cc1ccc(Cl)c(C(=O)N2CCC(Nc3nc4c(F)cccc4s3)C2)c1. The maximum Gasteiger partial charge on any atom is 0.255 e. The van der Waals surface area contributed by atoms with Crippen LogP contribution in [-0.2, 0) is 0 Å². The first kappa shape index (κ1) is 17.2. The van der Waals surface area contributed by atoms with Gasteiger partial charge in [-0.25, -0.2) is 9.37 Å². The van der Waals surface area contributed by atoms with Crippen molar-refractivity contribution in [3.63, 3.8) is 0 Å². The molecule has 0 saturated carbocycles. The van der Waals surface area contributed by atoms with Crippen LogP contribution in [0.15, 0.2) is 36.4 Å². The van der Waals surface area contributed by atoms with Gasteiger partial charge < -0.3 is 10.2 Å². The van der Waals surface area contributed by atoms with Crippen molar-refractivity contribution < 1.29 is 9.18 Å². The predicted octanol–water partition coefficient (Wildman–Crippen LogP) is 4.72. The summed E-state index contributed by atoms with van der Waals surface area (Å²) in [5.41, 5.74) is 1.93. The van der Waals surface area contributed by atoms with E-state index in [4.69, 9.17) is 11.6 Å². The molecule has 0 aliphatic carbocycles. The van der Waals surface area contributed by atoms with E-state index in [2.05, 4.69) is 10.3 Å². The Hall–Kier alpha value is -2.18. The summed E-state index contributed by atoms with van der Waals surface area (Å²) in [5, 5.41) is 4.48. The van der Waals surface area contributed by atoms with E-state index in [0.29, 0.717) is 34.3 Å². The van der Waals surface area contributed by atoms with Gasteiger partial charge in [0.1, 0.15) is 11.3 Å². The van der Waals surface area contributed by atoms with Crippen LogP contribution in [0.1, 0.15) is 22.3 Å². The molecule has 1 saturated heterocycles. The molecule has 4 nitrogen and oxygen atoms in total. The number of hydrogen-bond donors (Lipinski definition) is 1. The van der Waals surface area contributed by atoms with E-state index in [1.165, 1.54) is 17.4 Å². The molecule has 4 rings (SSSR count). The fourth-order valence-corrected chi connectivity index (χ4v) is 4.34. The predicted molar refractivity (Wildman–Crippen MR) is 104 cm³/mol. The summed E-state index contributed by atoms with van der Waals surface area (Å²) in [6, 6.07) is 10.5. The number of aromatic nitrogens is 1. The topological polar surface area (TPSA) is 45.2 Å². The summed E-state index contributed by atoms with van der Waals surface area (Å²) >= 11 is 7.61. The van der Waals surface area contributed by atoms with Gasteiger partial charge in [0.2, 0.25) is 0 Å². The molecule has 1 aliphatic heterocycles. The molecule has 0 spiro atoms. The Balaban J connectivity index is 1.47. The third-order valence-corrected chi connectivity index (χ3v) is 5.81. The van der Waals surface area contributed by atoms with Crippen molar-refractivity contribution in [3.05, 3.63) is 58.4 Å². The van der Waals surface area contributed by atoms with Crippen molar-refractivity contribution in [2.75, 3.05) is 18.4 Å². The van der Waals surface area contributed by atoms with Gasteiger partial charge >= 0.3 is 0 Å². The molecule has 3 aromatic rings. The quantitative estimate of drug-likeness (QED) is 0.704. The van der Waals surface area contributed by atoms with Gasteiger partial charge in [-0.2, -0.15) is 0 Å². The summed E-state index contributed by atoms with van der Waals surface area (Å²) in [6.45, 7) is 3.16. The first-order chi connectivity index (χ1) is 12.5. The number of nitrogens with zero attached hydrogens (tertiary/aromatic N) is 2. The van der Waals surface area contributed by atoms with Crippen molar-refractivity contribution in [3.8, 4) is 0 Å². The number of thiazole rings is 1. The molecule has 7 heteroatoms. The van der Waals surface area contributed by atoms with E-state index < -0.39 is 0 Å². The Morgan fingerprint density at radius 1 is 1.38 bits per heavy atom. The highest BCUT2D eigenvalue weighted by Crippen LogP contribution is 2.29. The number of para-hydroxylation sites is 1. The molecule has 1 unspecified atom stereocenters. The number of rotatable bonds is 3. The van der Waals surface area contributed by atoms with Crippen molar-refractivity contribution in [2.45, 2.75) is 19.4 Å². The Kier molecular flexibility index (Phi) is 4.54. The van der Waals surface area contributed by atoms with Crippen molar-refractivity contribution in [2.24, 2.45) is 0 Å². The smallest absolute Gasteiger partial charge is 0.255 e. The number of benzene rings is 2. The normalized spacial score (nSPS) is 17.0. The van der Waals surface area contributed by atoms with Crippen LogP contribution in [-0.4, -0.2) is 34.9 Å². The number of halogens is 2. The average molecular weight is 390 g/mol. The average Bonchev–Trinajstić information content (AvgIpc) is 3.24. The number of hydrogen-bond acceptors (Lipinski definition) is 4. The molecule has 1 fully saturated rings. The number of anilines is 1. The monoisotopic (exact) mass is 389 g/mol. The zero-order chi connectivity index (χ0) is 18.3. The lowest BCUT2D eigenvalue weighted by Gasteiger charge is -2.18. The van der Waals surface area contributed by atoms with Gasteiger partial charge in [0.05, 0.1) is 15.3 Å². The Morgan fingerprint density at radius 2 is 2.23 bits per heavy atom. The van der Waals surface area contributed by atoms with Crippen molar-refractivity contribution in [1.82, 2.24) is 9.88 Å². The van der Waals surface area contributed by atoms with E-state index in [1.54, 1.807) is 17.0 Å². The number of amides is 1. The van der Waals surface area contributed by atoms with Gasteiger partial charge in [0.25, 0.3) is 5.91 Å². The van der Waals surface area contributed by atoms with Gasteiger partial charge in [-0.05, 0) is 37.6 Å². The van der Waals surface area contributed by atoms with Crippen LogP contribution in [0.4, 0.5) is 9.52 Å². The van der Waals surface area contributed by atoms with Crippen LogP contribution in [0.3, 0.4) is 0 Å². The lowest BCUT2D eigenvalue weighted by Crippen LogP contribution is -2.31. The highest BCUT2D eigenvalue weighted by atomic mass is 35.5. The van der Waals surface area contributed by atoms with E-state index in [0.717, 1.165) is 16.7 Å². The second kappa shape index (κ2) is 6.85. The highest BCUT2D eigenvalue weighted by Gasteiger charge is 2.28. The van der Waals surface area contributed by atoms with Gasteiger partial charge in [0.15, 0.2) is 5.13 Å². The molecule has 1 N–H and O–H groups in total. The molecular formula is C19H17ClFN3OS. The van der Waals surface area contributed by atoms with Gasteiger partial charge in [-0.3, -0.25) is 4.79 Å². The largest absolute Gasteiger partial charge is 0.357 e. The summed E-state index contributed by atoms with van der Waals surface area (Å²) in [5.74, 6) is -0.373. The van der Waals surface area contributed by atoms with E-state index in [-0.39, 0.29) is 17.8 Å². The maximum absolute atomic E-state index is 13.8. The molecule has 1 atom stereocenters. The highest BCUT2D eigenvalue weighted by molar-refractivity contribution is 7.22. The molecule has 26 heavy (non-hydrogen) atoms. The molecule has 1 aliphatic rings. The van der Waals surface area contributed by atoms with Gasteiger partial charge in [0, 0.05) is 19.1 Å². The minimum atomic E-state index is -0.316. The third-order valence-electron chi connectivity index (χ3n) is 4.53. The molecule has 1 aromatic heterocycles. The second-order valence-electron chi connectivity index (χ2n) is 6.47. The van der Waals surface area contributed by atoms with E-state index >= 15 is 0 Å². The lowest BCUT2D eigenvalue weighted by molar-refractivity contribution is 0.0791. The fraction of sp³-hybridized carbons (Fsp3) is 0.263. The number of carbonyl (C=O) groups excluding carboxylic acids is 1. The minimum absolute atomic E-state index is 0.0571. The number of nitrogens with one attached hydrogen (secondary N) is 1. The Bertz CT molecular complexity index is 990. The van der Waals surface area contributed by atoms with Crippen molar-refractivity contribution >= 4 is 44.2 Å². The molecule has 2 heterocycles. The molecule has 2 aromatic carbocycles. The van der Waals surface area contributed by atoms with E-state index in [1.807, 2.05) is 25.1 Å². The lowest BCUT2D eigenvalue weighted by atomic mass is 10.1. The molecule has 1 amide bonds. The first-order valence-electron chi connectivity index (χ1n) is 8.38. The molecule has 134 valence electrons. The second-order valence-corrected chi connectivity index (χ2v) is 7.91. The maximum atomic E-state index is 13.8.